The van der Waals surface area contributed by atoms with Crippen LogP contribution in [0.3, 0.4) is 0 Å². The number of rotatable bonds is 6. The average molecular weight is 423 g/mol. The summed E-state index contributed by atoms with van der Waals surface area (Å²) in [5.74, 6) is 2.62. The Labute approximate surface area is 181 Å². The molecule has 0 fully saturated rings. The number of hydrogen-bond donors (Lipinski definition) is 0. The second-order valence-electron chi connectivity index (χ2n) is 7.15. The minimum Gasteiger partial charge on any atom is -0.493 e. The molecule has 0 bridgehead atoms. The highest BCUT2D eigenvalue weighted by Crippen LogP contribution is 2.43. The van der Waals surface area contributed by atoms with Crippen molar-refractivity contribution >= 4 is 5.91 Å². The van der Waals surface area contributed by atoms with E-state index in [1.165, 1.54) is 6.26 Å². The molecule has 0 spiro atoms. The van der Waals surface area contributed by atoms with Gasteiger partial charge in [-0.1, -0.05) is 6.07 Å². The molecule has 3 aromatic rings. The molecular weight excluding hydrogens is 398 g/mol. The monoisotopic (exact) mass is 423 g/mol. The SMILES string of the molecule is COc1ccc([C@H]2c3cc(OC)c(OC)cc3CCN2C(=O)c2ccco2)cc1OC. The maximum atomic E-state index is 13.3. The lowest BCUT2D eigenvalue weighted by atomic mass is 9.87. The van der Waals surface area contributed by atoms with Gasteiger partial charge < -0.3 is 28.3 Å². The quantitative estimate of drug-likeness (QED) is 0.595. The molecule has 1 aromatic heterocycles. The maximum Gasteiger partial charge on any atom is 0.290 e. The molecule has 1 amide bonds. The molecule has 0 saturated carbocycles. The maximum absolute atomic E-state index is 13.3. The van der Waals surface area contributed by atoms with Crippen LogP contribution in [0.5, 0.6) is 23.0 Å². The summed E-state index contributed by atoms with van der Waals surface area (Å²) in [4.78, 5) is 15.1. The highest BCUT2D eigenvalue weighted by molar-refractivity contribution is 5.92. The van der Waals surface area contributed by atoms with E-state index in [1.807, 2.05) is 35.2 Å². The van der Waals surface area contributed by atoms with Crippen molar-refractivity contribution in [3.05, 3.63) is 71.2 Å². The van der Waals surface area contributed by atoms with Crippen molar-refractivity contribution < 1.29 is 28.2 Å². The summed E-state index contributed by atoms with van der Waals surface area (Å²) in [6.45, 7) is 0.529. The first-order chi connectivity index (χ1) is 15.1. The van der Waals surface area contributed by atoms with Gasteiger partial charge in [0.15, 0.2) is 28.8 Å². The Morgan fingerprint density at radius 1 is 0.903 bits per heavy atom. The molecule has 4 rings (SSSR count). The van der Waals surface area contributed by atoms with E-state index in [0.29, 0.717) is 41.7 Å². The van der Waals surface area contributed by atoms with E-state index in [1.54, 1.807) is 40.6 Å². The first kappa shape index (κ1) is 20.7. The fourth-order valence-corrected chi connectivity index (χ4v) is 4.09. The summed E-state index contributed by atoms with van der Waals surface area (Å²) in [6.07, 6.45) is 2.19. The third-order valence-corrected chi connectivity index (χ3v) is 5.59. The van der Waals surface area contributed by atoms with Gasteiger partial charge in [0.25, 0.3) is 5.91 Å². The molecule has 7 nitrogen and oxygen atoms in total. The van der Waals surface area contributed by atoms with Gasteiger partial charge >= 0.3 is 0 Å². The van der Waals surface area contributed by atoms with Crippen LogP contribution in [0, 0.1) is 0 Å². The van der Waals surface area contributed by atoms with Crippen molar-refractivity contribution in [3.63, 3.8) is 0 Å². The molecule has 7 heteroatoms. The molecule has 1 aliphatic heterocycles. The summed E-state index contributed by atoms with van der Waals surface area (Å²) in [5.41, 5.74) is 2.96. The zero-order chi connectivity index (χ0) is 22.0. The van der Waals surface area contributed by atoms with Crippen LogP contribution in [0.2, 0.25) is 0 Å². The Morgan fingerprint density at radius 2 is 1.58 bits per heavy atom. The predicted molar refractivity (Wildman–Crippen MR) is 114 cm³/mol. The first-order valence-corrected chi connectivity index (χ1v) is 9.92. The van der Waals surface area contributed by atoms with Crippen LogP contribution in [0.15, 0.2) is 53.1 Å². The van der Waals surface area contributed by atoms with Crippen molar-refractivity contribution in [2.24, 2.45) is 0 Å². The van der Waals surface area contributed by atoms with E-state index in [4.69, 9.17) is 23.4 Å². The second-order valence-corrected chi connectivity index (χ2v) is 7.15. The molecule has 1 atom stereocenters. The number of hydrogen-bond acceptors (Lipinski definition) is 6. The lowest BCUT2D eigenvalue weighted by molar-refractivity contribution is 0.0661. The molecule has 162 valence electrons. The van der Waals surface area contributed by atoms with E-state index < -0.39 is 0 Å². The van der Waals surface area contributed by atoms with Crippen molar-refractivity contribution in [1.29, 1.82) is 0 Å². The van der Waals surface area contributed by atoms with E-state index in [9.17, 15) is 4.79 Å². The van der Waals surface area contributed by atoms with Gasteiger partial charge in [0.2, 0.25) is 0 Å². The van der Waals surface area contributed by atoms with Gasteiger partial charge in [0, 0.05) is 6.54 Å². The van der Waals surface area contributed by atoms with E-state index in [0.717, 1.165) is 16.7 Å². The largest absolute Gasteiger partial charge is 0.493 e. The number of carbonyl (C=O) groups excluding carboxylic acids is 1. The Bertz CT molecular complexity index is 1080. The van der Waals surface area contributed by atoms with E-state index in [-0.39, 0.29) is 11.9 Å². The smallest absolute Gasteiger partial charge is 0.290 e. The molecule has 2 heterocycles. The van der Waals surface area contributed by atoms with E-state index in [2.05, 4.69) is 0 Å². The molecule has 0 saturated heterocycles. The van der Waals surface area contributed by atoms with Crippen LogP contribution in [0.4, 0.5) is 0 Å². The summed E-state index contributed by atoms with van der Waals surface area (Å²) >= 11 is 0. The van der Waals surface area contributed by atoms with Gasteiger partial charge in [-0.25, -0.2) is 0 Å². The average Bonchev–Trinajstić information content (AvgIpc) is 3.36. The topological polar surface area (TPSA) is 70.4 Å². The van der Waals surface area contributed by atoms with Crippen molar-refractivity contribution in [2.45, 2.75) is 12.5 Å². The minimum atomic E-state index is -0.360. The Balaban J connectivity index is 1.88. The fourth-order valence-electron chi connectivity index (χ4n) is 4.09. The van der Waals surface area contributed by atoms with E-state index >= 15 is 0 Å². The second kappa shape index (κ2) is 8.63. The van der Waals surface area contributed by atoms with Crippen molar-refractivity contribution in [3.8, 4) is 23.0 Å². The molecule has 0 aliphatic carbocycles. The number of ether oxygens (including phenoxy) is 4. The zero-order valence-electron chi connectivity index (χ0n) is 18.0. The molecule has 1 aliphatic rings. The van der Waals surface area contributed by atoms with Gasteiger partial charge in [-0.3, -0.25) is 4.79 Å². The minimum absolute atomic E-state index is 0.176. The Morgan fingerprint density at radius 3 is 2.23 bits per heavy atom. The van der Waals surface area contributed by atoms with Gasteiger partial charge in [0.1, 0.15) is 0 Å². The highest BCUT2D eigenvalue weighted by Gasteiger charge is 2.35. The summed E-state index contributed by atoms with van der Waals surface area (Å²) in [6, 6.07) is 12.6. The third kappa shape index (κ3) is 3.67. The molecule has 0 N–H and O–H groups in total. The zero-order valence-corrected chi connectivity index (χ0v) is 18.0. The number of nitrogens with zero attached hydrogens (tertiary/aromatic N) is 1. The lowest BCUT2D eigenvalue weighted by Crippen LogP contribution is -2.40. The van der Waals surface area contributed by atoms with Gasteiger partial charge in [-0.15, -0.1) is 0 Å². The van der Waals surface area contributed by atoms with Gasteiger partial charge in [-0.05, 0) is 59.5 Å². The standard InChI is InChI=1S/C24H25NO6/c1-27-18-8-7-16(13-20(18)28-2)23-17-14-22(30-4)21(29-3)12-15(17)9-10-25(23)24(26)19-6-5-11-31-19/h5-8,11-14,23H,9-10H2,1-4H3/t23-/m0/s1. The lowest BCUT2D eigenvalue weighted by Gasteiger charge is -2.38. The van der Waals surface area contributed by atoms with Crippen LogP contribution >= 0.6 is 0 Å². The summed E-state index contributed by atoms with van der Waals surface area (Å²) in [5, 5.41) is 0. The molecule has 0 unspecified atom stereocenters. The molecular formula is C24H25NO6. The van der Waals surface area contributed by atoms with Crippen LogP contribution in [-0.4, -0.2) is 45.8 Å². The van der Waals surface area contributed by atoms with Crippen LogP contribution < -0.4 is 18.9 Å². The molecule has 2 aromatic carbocycles. The number of carbonyl (C=O) groups is 1. The number of benzene rings is 2. The van der Waals surface area contributed by atoms with Crippen molar-refractivity contribution in [2.75, 3.05) is 35.0 Å². The fraction of sp³-hybridized carbons (Fsp3) is 0.292. The Hall–Kier alpha value is -3.61. The van der Waals surface area contributed by atoms with Crippen LogP contribution in [-0.2, 0) is 6.42 Å². The normalized spacial score (nSPS) is 15.2. The Kier molecular flexibility index (Phi) is 5.75. The third-order valence-electron chi connectivity index (χ3n) is 5.59. The van der Waals surface area contributed by atoms with Crippen molar-refractivity contribution in [1.82, 2.24) is 4.90 Å². The number of amides is 1. The van der Waals surface area contributed by atoms with Crippen LogP contribution in [0.25, 0.3) is 0 Å². The van der Waals surface area contributed by atoms with Gasteiger partial charge in [0.05, 0.1) is 40.7 Å². The molecule has 31 heavy (non-hydrogen) atoms. The predicted octanol–water partition coefficient (Wildman–Crippen LogP) is 4.10. The number of fused-ring (bicyclic) bond motifs is 1. The van der Waals surface area contributed by atoms with Gasteiger partial charge in [-0.2, -0.15) is 0 Å². The number of methoxy groups -OCH3 is 4. The number of furan rings is 1. The highest BCUT2D eigenvalue weighted by atomic mass is 16.5. The summed E-state index contributed by atoms with van der Waals surface area (Å²) in [7, 11) is 6.41. The first-order valence-electron chi connectivity index (χ1n) is 9.92. The molecule has 0 radical (unpaired) electrons. The van der Waals surface area contributed by atoms with Crippen LogP contribution in [0.1, 0.15) is 33.3 Å². The summed E-state index contributed by atoms with van der Waals surface area (Å²) < 4.78 is 27.3.